The molecule has 0 aliphatic heterocycles. The van der Waals surface area contributed by atoms with Crippen LogP contribution in [0.25, 0.3) is 38.6 Å². The second-order valence-electron chi connectivity index (χ2n) is 5.53. The Labute approximate surface area is 179 Å². The summed E-state index contributed by atoms with van der Waals surface area (Å²) in [5.74, 6) is 0. The van der Waals surface area contributed by atoms with Gasteiger partial charge in [0.2, 0.25) is 0 Å². The summed E-state index contributed by atoms with van der Waals surface area (Å²) in [5.41, 5.74) is -5.47. The normalized spacial score (nSPS) is 23.6. The molecule has 0 saturated heterocycles. The summed E-state index contributed by atoms with van der Waals surface area (Å²) in [7, 11) is 0. The molecule has 0 N–H and O–H groups in total. The number of benzene rings is 3. The highest BCUT2D eigenvalue weighted by molar-refractivity contribution is 6.12. The van der Waals surface area contributed by atoms with Crippen molar-refractivity contribution in [1.29, 1.82) is 0 Å². The summed E-state index contributed by atoms with van der Waals surface area (Å²) in [6.07, 6.45) is -0.860. The standard InChI is InChI=1S/C24H20N2/c1-15-11-12-21-20(13-15)18-9-4-5-10-19(18)24-25-14-22(26(21)24)23-16(2)7-6-8-17(23)3/h4-14H,1-3H3/i1D3,2D3,3D3,4D,5D,6D,7D,8D,9D,11D,12D,13D,14D. The van der Waals surface area contributed by atoms with Gasteiger partial charge in [-0.3, -0.25) is 4.40 Å². The van der Waals surface area contributed by atoms with Crippen molar-refractivity contribution < 1.29 is 26.0 Å². The highest BCUT2D eigenvalue weighted by atomic mass is 15.0. The van der Waals surface area contributed by atoms with E-state index in [0.29, 0.717) is 0 Å². The lowest BCUT2D eigenvalue weighted by molar-refractivity contribution is 1.24. The van der Waals surface area contributed by atoms with Gasteiger partial charge in [0.1, 0.15) is 5.65 Å². The van der Waals surface area contributed by atoms with Crippen molar-refractivity contribution in [3.05, 3.63) is 83.3 Å². The Kier molecular flexibility index (Phi) is 1.09. The van der Waals surface area contributed by atoms with Crippen LogP contribution in [0, 0.1) is 20.6 Å². The number of fused-ring (bicyclic) bond motifs is 6. The first kappa shape index (κ1) is 5.20. The molecule has 2 heteroatoms. The highest BCUT2D eigenvalue weighted by Gasteiger charge is 2.16. The average molecular weight is 356 g/mol. The second kappa shape index (κ2) is 5.43. The van der Waals surface area contributed by atoms with E-state index in [-0.39, 0.29) is 10.8 Å². The Hall–Kier alpha value is -3.13. The molecule has 0 fully saturated rings. The summed E-state index contributed by atoms with van der Waals surface area (Å²) in [5, 5.41) is -1.03. The molecule has 0 amide bonds. The van der Waals surface area contributed by atoms with Gasteiger partial charge in [0.25, 0.3) is 0 Å². The average Bonchev–Trinajstić information content (AvgIpc) is 3.22. The fraction of sp³-hybridized carbons (Fsp3) is 0.125. The largest absolute Gasteiger partial charge is 0.292 e. The zero-order valence-corrected chi connectivity index (χ0v) is 13.0. The molecule has 2 nitrogen and oxygen atoms in total. The van der Waals surface area contributed by atoms with E-state index >= 15 is 0 Å². The third-order valence-corrected chi connectivity index (χ3v) is 4.07. The molecule has 0 saturated carbocycles. The maximum atomic E-state index is 8.87. The molecule has 0 bridgehead atoms. The smallest absolute Gasteiger partial charge is 0.145 e. The van der Waals surface area contributed by atoms with E-state index in [0.717, 1.165) is 10.5 Å². The number of imidazole rings is 1. The molecule has 0 aliphatic rings. The minimum atomic E-state index is -3.30. The lowest BCUT2D eigenvalue weighted by Crippen LogP contribution is -1.96. The summed E-state index contributed by atoms with van der Waals surface area (Å²) in [6.45, 7) is -9.73. The zero-order valence-electron chi connectivity index (χ0n) is 32.0. The SMILES string of the molecule is [2H]c1cc2c(c([2H])c1[2H])c1c([2H])c(C([2H])([2H])[2H])c([2H])c([2H])c1n1c(-c3c(C([2H])([2H])[2H])c([2H])c([2H])c([2H])c3C([2H])([2H])[2H])c([2H])nc21. The van der Waals surface area contributed by atoms with Crippen LogP contribution in [0.5, 0.6) is 0 Å². The fourth-order valence-electron chi connectivity index (χ4n) is 2.99. The van der Waals surface area contributed by atoms with Crippen LogP contribution in [0.3, 0.4) is 0 Å². The molecule has 0 radical (unpaired) electrons. The van der Waals surface area contributed by atoms with Crippen molar-refractivity contribution in [2.75, 3.05) is 0 Å². The number of rotatable bonds is 1. The predicted octanol–water partition coefficient (Wildman–Crippen LogP) is 6.23. The van der Waals surface area contributed by atoms with Crippen molar-refractivity contribution in [3.63, 3.8) is 0 Å². The molecule has 126 valence electrons. The van der Waals surface area contributed by atoms with Gasteiger partial charge < -0.3 is 0 Å². The quantitative estimate of drug-likeness (QED) is 0.326. The topological polar surface area (TPSA) is 17.3 Å². The van der Waals surface area contributed by atoms with Gasteiger partial charge in [-0.2, -0.15) is 0 Å². The zero-order chi connectivity index (χ0) is 34.0. The number of aromatic nitrogens is 2. The second-order valence-corrected chi connectivity index (χ2v) is 5.53. The molecule has 5 aromatic rings. The van der Waals surface area contributed by atoms with Crippen LogP contribution in [-0.4, -0.2) is 9.38 Å². The van der Waals surface area contributed by atoms with Crippen LogP contribution >= 0.6 is 0 Å². The third-order valence-electron chi connectivity index (χ3n) is 4.07. The number of pyridine rings is 1. The number of hydrogen-bond acceptors (Lipinski definition) is 1. The predicted molar refractivity (Wildman–Crippen MR) is 110 cm³/mol. The van der Waals surface area contributed by atoms with E-state index in [1.165, 1.54) is 0 Å². The number of nitrogens with zero attached hydrogens (tertiary/aromatic N) is 2. The van der Waals surface area contributed by atoms with Crippen LogP contribution in [0.1, 0.15) is 42.7 Å². The van der Waals surface area contributed by atoms with E-state index in [1.807, 2.05) is 0 Å². The molecule has 26 heavy (non-hydrogen) atoms. The maximum Gasteiger partial charge on any atom is 0.145 e. The van der Waals surface area contributed by atoms with Gasteiger partial charge in [-0.25, -0.2) is 4.98 Å². The Balaban J connectivity index is 2.28. The Morgan fingerprint density at radius 1 is 0.885 bits per heavy atom. The summed E-state index contributed by atoms with van der Waals surface area (Å²) in [6, 6.07) is -6.63. The molecule has 3 aromatic carbocycles. The van der Waals surface area contributed by atoms with E-state index in [4.69, 9.17) is 26.0 Å². The van der Waals surface area contributed by atoms with E-state index in [1.54, 1.807) is 0 Å². The van der Waals surface area contributed by atoms with Crippen LogP contribution < -0.4 is 0 Å². The van der Waals surface area contributed by atoms with Crippen LogP contribution in [-0.2, 0) is 0 Å². The summed E-state index contributed by atoms with van der Waals surface area (Å²) < 4.78 is 159. The Morgan fingerprint density at radius 3 is 2.58 bits per heavy atom. The molecule has 0 aliphatic carbocycles. The number of hydrogen-bond donors (Lipinski definition) is 0. The van der Waals surface area contributed by atoms with Gasteiger partial charge >= 0.3 is 0 Å². The fourth-order valence-corrected chi connectivity index (χ4v) is 2.99. The minimum Gasteiger partial charge on any atom is -0.292 e. The van der Waals surface area contributed by atoms with Gasteiger partial charge in [0, 0.05) is 28.7 Å². The van der Waals surface area contributed by atoms with Gasteiger partial charge in [-0.1, -0.05) is 53.9 Å². The van der Waals surface area contributed by atoms with E-state index < -0.39 is 126 Å². The highest BCUT2D eigenvalue weighted by Crippen LogP contribution is 2.35. The third kappa shape index (κ3) is 2.02. The maximum absolute atomic E-state index is 8.87. The summed E-state index contributed by atoms with van der Waals surface area (Å²) >= 11 is 0. The molecule has 0 spiro atoms. The lowest BCUT2D eigenvalue weighted by atomic mass is 9.99. The van der Waals surface area contributed by atoms with Crippen molar-refractivity contribution in [3.8, 4) is 11.3 Å². The van der Waals surface area contributed by atoms with Gasteiger partial charge in [0.05, 0.1) is 31.1 Å². The van der Waals surface area contributed by atoms with Crippen molar-refractivity contribution >= 4 is 27.3 Å². The van der Waals surface area contributed by atoms with Crippen molar-refractivity contribution in [1.82, 2.24) is 9.38 Å². The van der Waals surface area contributed by atoms with Crippen molar-refractivity contribution in [2.24, 2.45) is 0 Å². The van der Waals surface area contributed by atoms with Gasteiger partial charge in [-0.05, 0) is 49.2 Å². The van der Waals surface area contributed by atoms with Crippen LogP contribution in [0.2, 0.25) is 0 Å². The van der Waals surface area contributed by atoms with Crippen molar-refractivity contribution in [2.45, 2.75) is 20.6 Å². The molecule has 0 atom stereocenters. The lowest BCUT2D eigenvalue weighted by Gasteiger charge is -2.14. The van der Waals surface area contributed by atoms with E-state index in [9.17, 15) is 0 Å². The molecule has 5 rings (SSSR count). The molecule has 0 unspecified atom stereocenters. The minimum absolute atomic E-state index is 0.212. The summed E-state index contributed by atoms with van der Waals surface area (Å²) in [4.78, 5) is 4.13. The molecule has 2 heterocycles. The Bertz CT molecular complexity index is 2070. The first-order chi connectivity index (χ1) is 20.4. The van der Waals surface area contributed by atoms with Crippen LogP contribution in [0.4, 0.5) is 0 Å². The molecular formula is C24H20N2. The van der Waals surface area contributed by atoms with E-state index in [2.05, 4.69) is 4.98 Å². The first-order valence-electron chi connectivity index (χ1n) is 16.9. The first-order valence-corrected chi connectivity index (χ1v) is 7.45. The molecule has 2 aromatic heterocycles. The molecular weight excluding hydrogens is 316 g/mol. The Morgan fingerprint density at radius 2 is 1.77 bits per heavy atom. The van der Waals surface area contributed by atoms with Gasteiger partial charge in [0.15, 0.2) is 0 Å². The van der Waals surface area contributed by atoms with Gasteiger partial charge in [-0.15, -0.1) is 0 Å². The van der Waals surface area contributed by atoms with Crippen LogP contribution in [0.15, 0.2) is 66.6 Å². The monoisotopic (exact) mass is 355 g/mol.